The zero-order valence-electron chi connectivity index (χ0n) is 11.9. The third-order valence-electron chi connectivity index (χ3n) is 2.89. The maximum absolute atomic E-state index is 10.3. The number of aromatic carboxylic acids is 1. The summed E-state index contributed by atoms with van der Waals surface area (Å²) < 4.78 is 0. The molecule has 7 heteroatoms. The Morgan fingerprint density at radius 1 is 1.14 bits per heavy atom. The molecule has 0 aliphatic rings. The molecule has 0 unspecified atom stereocenters. The third kappa shape index (κ3) is 4.18. The van der Waals surface area contributed by atoms with Crippen LogP contribution in [0, 0.1) is 6.92 Å². The number of benzene rings is 1. The zero-order chi connectivity index (χ0) is 16.7. The van der Waals surface area contributed by atoms with Crippen molar-refractivity contribution in [2.45, 2.75) is 20.1 Å². The molecule has 7 nitrogen and oxygen atoms in total. The highest BCUT2D eigenvalue weighted by molar-refractivity contribution is 5.90. The molecule has 118 valence electrons. The lowest BCUT2D eigenvalue weighted by Crippen LogP contribution is -1.98. The maximum atomic E-state index is 10.3. The average molecular weight is 307 g/mol. The fourth-order valence-corrected chi connectivity index (χ4v) is 1.65. The van der Waals surface area contributed by atoms with Gasteiger partial charge in [0.1, 0.15) is 17.1 Å². The number of carboxylic acid groups (broad SMARTS) is 1. The molecule has 0 aliphatic carbocycles. The van der Waals surface area contributed by atoms with Crippen LogP contribution in [0.15, 0.2) is 30.5 Å². The van der Waals surface area contributed by atoms with Gasteiger partial charge in [0.05, 0.1) is 18.9 Å². The Kier molecular flexibility index (Phi) is 6.30. The second-order valence-electron chi connectivity index (χ2n) is 4.33. The van der Waals surface area contributed by atoms with E-state index in [1.807, 2.05) is 0 Å². The van der Waals surface area contributed by atoms with E-state index in [4.69, 9.17) is 20.4 Å². The lowest BCUT2D eigenvalue weighted by molar-refractivity contribution is 0.0693. The molecular weight excluding hydrogens is 290 g/mol. The number of aromatic hydroxyl groups is 2. The minimum atomic E-state index is -1.11. The summed E-state index contributed by atoms with van der Waals surface area (Å²) in [4.78, 5) is 14.1. The van der Waals surface area contributed by atoms with E-state index in [2.05, 4.69) is 4.98 Å². The van der Waals surface area contributed by atoms with E-state index in [1.54, 1.807) is 19.1 Å². The molecule has 0 bridgehead atoms. The van der Waals surface area contributed by atoms with Crippen LogP contribution >= 0.6 is 0 Å². The predicted octanol–water partition coefficient (Wildman–Crippen LogP) is 1.17. The van der Waals surface area contributed by atoms with Crippen LogP contribution in [-0.2, 0) is 13.2 Å². The van der Waals surface area contributed by atoms with Crippen molar-refractivity contribution in [3.63, 3.8) is 0 Å². The average Bonchev–Trinajstić information content (AvgIpc) is 2.50. The Morgan fingerprint density at radius 3 is 2.23 bits per heavy atom. The first-order valence-electron chi connectivity index (χ1n) is 6.31. The number of carboxylic acids is 1. The van der Waals surface area contributed by atoms with E-state index in [1.165, 1.54) is 18.3 Å². The summed E-state index contributed by atoms with van der Waals surface area (Å²) in [6.07, 6.45) is 1.45. The molecular formula is C15H17NO6. The molecule has 0 spiro atoms. The highest BCUT2D eigenvalue weighted by atomic mass is 16.4. The van der Waals surface area contributed by atoms with Crippen LogP contribution in [0.25, 0.3) is 0 Å². The number of aliphatic hydroxyl groups excluding tert-OH is 2. The lowest BCUT2D eigenvalue weighted by Gasteiger charge is -2.07. The van der Waals surface area contributed by atoms with Crippen molar-refractivity contribution in [2.75, 3.05) is 0 Å². The fourth-order valence-electron chi connectivity index (χ4n) is 1.65. The summed E-state index contributed by atoms with van der Waals surface area (Å²) in [6.45, 7) is 1.12. The zero-order valence-corrected chi connectivity index (χ0v) is 11.9. The molecule has 0 saturated carbocycles. The maximum Gasteiger partial charge on any atom is 0.339 e. The van der Waals surface area contributed by atoms with Crippen LogP contribution in [-0.4, -0.2) is 36.5 Å². The molecule has 5 N–H and O–H groups in total. The van der Waals surface area contributed by atoms with Crippen molar-refractivity contribution >= 4 is 5.97 Å². The van der Waals surface area contributed by atoms with E-state index in [9.17, 15) is 9.90 Å². The van der Waals surface area contributed by atoms with E-state index < -0.39 is 5.97 Å². The molecule has 1 heterocycles. The van der Waals surface area contributed by atoms with Gasteiger partial charge in [-0.15, -0.1) is 0 Å². The van der Waals surface area contributed by atoms with Crippen molar-refractivity contribution in [2.24, 2.45) is 0 Å². The van der Waals surface area contributed by atoms with Crippen LogP contribution < -0.4 is 0 Å². The number of aromatic nitrogens is 1. The minimum absolute atomic E-state index is 0.0379. The molecule has 2 aromatic rings. The highest BCUT2D eigenvalue weighted by Crippen LogP contribution is 2.23. The molecule has 1 aromatic heterocycles. The number of nitrogens with zero attached hydrogens (tertiary/aromatic N) is 1. The van der Waals surface area contributed by atoms with Gasteiger partial charge < -0.3 is 25.5 Å². The van der Waals surface area contributed by atoms with Crippen molar-refractivity contribution in [1.82, 2.24) is 4.98 Å². The summed E-state index contributed by atoms with van der Waals surface area (Å²) in [7, 11) is 0. The summed E-state index contributed by atoms with van der Waals surface area (Å²) in [5, 5.41) is 44.3. The Morgan fingerprint density at radius 2 is 1.77 bits per heavy atom. The quantitative estimate of drug-likeness (QED) is 0.575. The van der Waals surface area contributed by atoms with Gasteiger partial charge in [-0.25, -0.2) is 4.79 Å². The Labute approximate surface area is 126 Å². The first-order chi connectivity index (χ1) is 10.4. The first kappa shape index (κ1) is 17.4. The molecule has 0 fully saturated rings. The Hall–Kier alpha value is -2.64. The van der Waals surface area contributed by atoms with Crippen molar-refractivity contribution in [3.8, 4) is 11.5 Å². The van der Waals surface area contributed by atoms with Crippen LogP contribution in [0.1, 0.15) is 27.2 Å². The molecule has 0 saturated heterocycles. The standard InChI is InChI=1S/C8H11NO3.C7H6O3/c1-5-8(12)7(4-11)6(3-10)2-9-5;8-6-4-2-1-3-5(6)7(9)10/h2,10-12H,3-4H2,1H3;1-4,8H,(H,9,10). The number of para-hydroxylation sites is 1. The van der Waals surface area contributed by atoms with Crippen molar-refractivity contribution in [1.29, 1.82) is 0 Å². The first-order valence-corrected chi connectivity index (χ1v) is 6.31. The molecule has 2 rings (SSSR count). The fraction of sp³-hybridized carbons (Fsp3) is 0.200. The lowest BCUT2D eigenvalue weighted by atomic mass is 10.1. The number of aliphatic hydroxyl groups is 2. The van der Waals surface area contributed by atoms with Crippen LogP contribution in [0.4, 0.5) is 0 Å². The van der Waals surface area contributed by atoms with E-state index in [0.29, 0.717) is 16.8 Å². The second-order valence-corrected chi connectivity index (χ2v) is 4.33. The Balaban J connectivity index is 0.000000224. The van der Waals surface area contributed by atoms with Gasteiger partial charge in [0.25, 0.3) is 0 Å². The van der Waals surface area contributed by atoms with E-state index in [0.717, 1.165) is 0 Å². The summed E-state index contributed by atoms with van der Waals surface area (Å²) in [6, 6.07) is 5.81. The largest absolute Gasteiger partial charge is 0.507 e. The van der Waals surface area contributed by atoms with Crippen LogP contribution in [0.5, 0.6) is 11.5 Å². The van der Waals surface area contributed by atoms with Crippen LogP contribution in [0.2, 0.25) is 0 Å². The van der Waals surface area contributed by atoms with E-state index in [-0.39, 0.29) is 30.3 Å². The van der Waals surface area contributed by atoms with Gasteiger partial charge in [0, 0.05) is 17.3 Å². The second kappa shape index (κ2) is 7.96. The van der Waals surface area contributed by atoms with Gasteiger partial charge in [-0.05, 0) is 19.1 Å². The van der Waals surface area contributed by atoms with Gasteiger partial charge in [-0.1, -0.05) is 12.1 Å². The van der Waals surface area contributed by atoms with Crippen molar-refractivity contribution in [3.05, 3.63) is 52.8 Å². The summed E-state index contributed by atoms with van der Waals surface area (Å²) in [5.74, 6) is -1.35. The number of hydrogen-bond donors (Lipinski definition) is 5. The van der Waals surface area contributed by atoms with E-state index >= 15 is 0 Å². The smallest absolute Gasteiger partial charge is 0.339 e. The third-order valence-corrected chi connectivity index (χ3v) is 2.89. The number of hydrogen-bond acceptors (Lipinski definition) is 6. The molecule has 1 aromatic carbocycles. The normalized spacial score (nSPS) is 9.77. The highest BCUT2D eigenvalue weighted by Gasteiger charge is 2.09. The monoisotopic (exact) mass is 307 g/mol. The van der Waals surface area contributed by atoms with Gasteiger partial charge in [0.2, 0.25) is 0 Å². The van der Waals surface area contributed by atoms with Crippen molar-refractivity contribution < 1.29 is 30.3 Å². The SMILES string of the molecule is Cc1ncc(CO)c(CO)c1O.O=C(O)c1ccccc1O. The molecule has 22 heavy (non-hydrogen) atoms. The topological polar surface area (TPSA) is 131 Å². The molecule has 0 aliphatic heterocycles. The van der Waals surface area contributed by atoms with Gasteiger partial charge in [-0.3, -0.25) is 4.98 Å². The van der Waals surface area contributed by atoms with Gasteiger partial charge in [0.15, 0.2) is 0 Å². The number of aryl methyl sites for hydroxylation is 1. The van der Waals surface area contributed by atoms with Crippen LogP contribution in [0.3, 0.4) is 0 Å². The summed E-state index contributed by atoms with van der Waals surface area (Å²) >= 11 is 0. The summed E-state index contributed by atoms with van der Waals surface area (Å²) in [5.41, 5.74) is 1.20. The Bertz CT molecular complexity index is 656. The number of pyridine rings is 1. The number of phenols is 1. The molecule has 0 radical (unpaired) electrons. The minimum Gasteiger partial charge on any atom is -0.507 e. The molecule has 0 atom stereocenters. The predicted molar refractivity (Wildman–Crippen MR) is 77.6 cm³/mol. The molecule has 0 amide bonds. The van der Waals surface area contributed by atoms with Gasteiger partial charge >= 0.3 is 5.97 Å². The van der Waals surface area contributed by atoms with Gasteiger partial charge in [-0.2, -0.15) is 0 Å². The number of carbonyl (C=O) groups is 1. The number of rotatable bonds is 3.